The molecule has 6 heteroatoms. The Morgan fingerprint density at radius 2 is 2.21 bits per heavy atom. The predicted octanol–water partition coefficient (Wildman–Crippen LogP) is 1.81. The second-order valence-electron chi connectivity index (χ2n) is 4.15. The molecule has 2 heterocycles. The second kappa shape index (κ2) is 6.04. The summed E-state index contributed by atoms with van der Waals surface area (Å²) in [5.41, 5.74) is 1.40. The number of nitrogens with zero attached hydrogens (tertiary/aromatic N) is 2. The van der Waals surface area contributed by atoms with Crippen LogP contribution in [0, 0.1) is 11.3 Å². The number of anilines is 1. The van der Waals surface area contributed by atoms with E-state index >= 15 is 0 Å². The first-order chi connectivity index (χ1) is 9.22. The third-order valence-corrected chi connectivity index (χ3v) is 4.40. The van der Waals surface area contributed by atoms with E-state index in [1.165, 1.54) is 18.4 Å². The van der Waals surface area contributed by atoms with Crippen LogP contribution < -0.4 is 4.90 Å². The Labute approximate surface area is 116 Å². The van der Waals surface area contributed by atoms with Crippen LogP contribution in [0.1, 0.15) is 27.7 Å². The van der Waals surface area contributed by atoms with Crippen LogP contribution in [0.2, 0.25) is 0 Å². The molecule has 0 unspecified atom stereocenters. The first-order valence-electron chi connectivity index (χ1n) is 6.19. The number of thiophene rings is 1. The number of morpholine rings is 1. The van der Waals surface area contributed by atoms with Crippen LogP contribution in [-0.4, -0.2) is 39.4 Å². The van der Waals surface area contributed by atoms with Gasteiger partial charge in [0.2, 0.25) is 0 Å². The van der Waals surface area contributed by atoms with E-state index in [0.717, 1.165) is 23.7 Å². The molecule has 0 aromatic carbocycles. The highest BCUT2D eigenvalue weighted by atomic mass is 32.1. The van der Waals surface area contributed by atoms with Crippen LogP contribution in [0.5, 0.6) is 0 Å². The topological polar surface area (TPSA) is 62.6 Å². The minimum absolute atomic E-state index is 0.363. The lowest BCUT2D eigenvalue weighted by molar-refractivity contribution is 0.0605. The van der Waals surface area contributed by atoms with Crippen LogP contribution in [-0.2, 0) is 15.9 Å². The van der Waals surface area contributed by atoms with Gasteiger partial charge in [0.05, 0.1) is 25.9 Å². The van der Waals surface area contributed by atoms with Gasteiger partial charge in [0.15, 0.2) is 0 Å². The zero-order chi connectivity index (χ0) is 13.8. The summed E-state index contributed by atoms with van der Waals surface area (Å²) in [7, 11) is 1.36. The van der Waals surface area contributed by atoms with Gasteiger partial charge in [-0.2, -0.15) is 5.26 Å². The number of hydrogen-bond donors (Lipinski definition) is 0. The highest BCUT2D eigenvalue weighted by Gasteiger charge is 2.26. The van der Waals surface area contributed by atoms with Crippen LogP contribution >= 0.6 is 11.3 Å². The Morgan fingerprint density at radius 3 is 2.74 bits per heavy atom. The summed E-state index contributed by atoms with van der Waals surface area (Å²) in [6.45, 7) is 4.74. The van der Waals surface area contributed by atoms with Gasteiger partial charge in [-0.25, -0.2) is 4.79 Å². The number of esters is 1. The van der Waals surface area contributed by atoms with Crippen molar-refractivity contribution in [3.63, 3.8) is 0 Å². The third-order valence-electron chi connectivity index (χ3n) is 3.12. The van der Waals surface area contributed by atoms with Crippen LogP contribution in [0.3, 0.4) is 0 Å². The molecule has 1 aliphatic heterocycles. The summed E-state index contributed by atoms with van der Waals surface area (Å²) in [6, 6.07) is 2.23. The van der Waals surface area contributed by atoms with E-state index in [9.17, 15) is 10.1 Å². The third kappa shape index (κ3) is 2.57. The SMILES string of the molecule is CCc1c(C(=O)OC)sc(N2CCOCC2)c1C#N. The summed E-state index contributed by atoms with van der Waals surface area (Å²) in [6.07, 6.45) is 0.647. The lowest BCUT2D eigenvalue weighted by Crippen LogP contribution is -2.36. The van der Waals surface area contributed by atoms with Crippen molar-refractivity contribution >= 4 is 22.3 Å². The normalized spacial score (nSPS) is 15.1. The van der Waals surface area contributed by atoms with Crippen LogP contribution in [0.15, 0.2) is 0 Å². The number of carbonyl (C=O) groups is 1. The predicted molar refractivity (Wildman–Crippen MR) is 72.8 cm³/mol. The molecule has 1 aromatic heterocycles. The molecule has 0 bridgehead atoms. The van der Waals surface area contributed by atoms with Crippen molar-refractivity contribution in [2.45, 2.75) is 13.3 Å². The maximum atomic E-state index is 11.8. The van der Waals surface area contributed by atoms with Gasteiger partial charge < -0.3 is 14.4 Å². The molecule has 0 atom stereocenters. The average Bonchev–Trinajstić information content (AvgIpc) is 2.85. The summed E-state index contributed by atoms with van der Waals surface area (Å²) in [4.78, 5) is 14.4. The van der Waals surface area contributed by atoms with Gasteiger partial charge in [0.25, 0.3) is 0 Å². The Morgan fingerprint density at radius 1 is 1.53 bits per heavy atom. The van der Waals surface area contributed by atoms with E-state index in [1.54, 1.807) is 0 Å². The zero-order valence-corrected chi connectivity index (χ0v) is 11.9. The van der Waals surface area contributed by atoms with Crippen molar-refractivity contribution in [2.24, 2.45) is 0 Å². The van der Waals surface area contributed by atoms with E-state index in [-0.39, 0.29) is 5.97 Å². The molecule has 1 aliphatic rings. The summed E-state index contributed by atoms with van der Waals surface area (Å²) in [5, 5.41) is 10.2. The molecule has 0 amide bonds. The van der Waals surface area contributed by atoms with Crippen LogP contribution in [0.25, 0.3) is 0 Å². The first kappa shape index (κ1) is 13.8. The van der Waals surface area contributed by atoms with Gasteiger partial charge in [-0.05, 0) is 12.0 Å². The smallest absolute Gasteiger partial charge is 0.348 e. The van der Waals surface area contributed by atoms with Crippen molar-refractivity contribution in [1.82, 2.24) is 0 Å². The lowest BCUT2D eigenvalue weighted by Gasteiger charge is -2.27. The molecule has 0 radical (unpaired) electrons. The number of methoxy groups -OCH3 is 1. The Kier molecular flexibility index (Phi) is 4.40. The standard InChI is InChI=1S/C13H16N2O3S/c1-3-9-10(8-14)12(15-4-6-18-7-5-15)19-11(9)13(16)17-2/h3-7H2,1-2H3. The van der Waals surface area contributed by atoms with Crippen molar-refractivity contribution in [3.8, 4) is 6.07 Å². The zero-order valence-electron chi connectivity index (χ0n) is 11.1. The summed E-state index contributed by atoms with van der Waals surface area (Å²) >= 11 is 1.35. The maximum Gasteiger partial charge on any atom is 0.348 e. The molecule has 1 saturated heterocycles. The second-order valence-corrected chi connectivity index (χ2v) is 5.15. The van der Waals surface area contributed by atoms with E-state index in [4.69, 9.17) is 9.47 Å². The largest absolute Gasteiger partial charge is 0.465 e. The van der Waals surface area contributed by atoms with Crippen LogP contribution in [0.4, 0.5) is 5.00 Å². The number of rotatable bonds is 3. The molecule has 1 aromatic rings. The van der Waals surface area contributed by atoms with Gasteiger partial charge in [0, 0.05) is 13.1 Å². The van der Waals surface area contributed by atoms with Crippen molar-refractivity contribution in [1.29, 1.82) is 5.26 Å². The lowest BCUT2D eigenvalue weighted by atomic mass is 10.1. The molecular weight excluding hydrogens is 264 g/mol. The van der Waals surface area contributed by atoms with E-state index in [2.05, 4.69) is 11.0 Å². The van der Waals surface area contributed by atoms with Gasteiger partial charge in [-0.15, -0.1) is 11.3 Å². The quantitative estimate of drug-likeness (QED) is 0.790. The fourth-order valence-electron chi connectivity index (χ4n) is 2.15. The summed E-state index contributed by atoms with van der Waals surface area (Å²) < 4.78 is 10.1. The highest BCUT2D eigenvalue weighted by Crippen LogP contribution is 2.36. The fraction of sp³-hybridized carbons (Fsp3) is 0.538. The molecule has 5 nitrogen and oxygen atoms in total. The molecule has 0 aliphatic carbocycles. The highest BCUT2D eigenvalue weighted by molar-refractivity contribution is 7.18. The monoisotopic (exact) mass is 280 g/mol. The van der Waals surface area contributed by atoms with E-state index in [1.807, 2.05) is 6.92 Å². The summed E-state index contributed by atoms with van der Waals surface area (Å²) in [5.74, 6) is -0.363. The van der Waals surface area contributed by atoms with E-state index in [0.29, 0.717) is 30.1 Å². The Hall–Kier alpha value is -1.58. The van der Waals surface area contributed by atoms with Gasteiger partial charge in [-0.3, -0.25) is 0 Å². The van der Waals surface area contributed by atoms with Gasteiger partial charge >= 0.3 is 5.97 Å². The molecule has 0 saturated carbocycles. The number of carbonyl (C=O) groups excluding carboxylic acids is 1. The Balaban J connectivity index is 2.45. The molecule has 0 N–H and O–H groups in total. The molecule has 102 valence electrons. The van der Waals surface area contributed by atoms with Crippen molar-refractivity contribution in [3.05, 3.63) is 16.0 Å². The van der Waals surface area contributed by atoms with Gasteiger partial charge in [-0.1, -0.05) is 6.92 Å². The molecule has 0 spiro atoms. The molecule has 19 heavy (non-hydrogen) atoms. The maximum absolute atomic E-state index is 11.8. The minimum atomic E-state index is -0.363. The first-order valence-corrected chi connectivity index (χ1v) is 7.01. The fourth-order valence-corrected chi connectivity index (χ4v) is 3.46. The average molecular weight is 280 g/mol. The van der Waals surface area contributed by atoms with Crippen molar-refractivity contribution in [2.75, 3.05) is 38.3 Å². The van der Waals surface area contributed by atoms with Gasteiger partial charge in [0.1, 0.15) is 15.9 Å². The molecule has 1 fully saturated rings. The Bertz CT molecular complexity index is 513. The number of nitriles is 1. The number of hydrogen-bond acceptors (Lipinski definition) is 6. The number of ether oxygens (including phenoxy) is 2. The minimum Gasteiger partial charge on any atom is -0.465 e. The van der Waals surface area contributed by atoms with Crippen molar-refractivity contribution < 1.29 is 14.3 Å². The molecular formula is C13H16N2O3S. The van der Waals surface area contributed by atoms with E-state index < -0.39 is 0 Å². The molecule has 2 rings (SSSR count).